The number of hydrogen-bond acceptors (Lipinski definition) is 4. The van der Waals surface area contributed by atoms with Crippen molar-refractivity contribution in [3.05, 3.63) is 89.5 Å². The second kappa shape index (κ2) is 15.5. The number of fused-ring (bicyclic) bond motifs is 5. The molecule has 0 amide bonds. The Kier molecular flexibility index (Phi) is 12.3. The lowest BCUT2D eigenvalue weighted by Gasteiger charge is -2.58. The molecule has 3 saturated carbocycles. The van der Waals surface area contributed by atoms with E-state index in [0.717, 1.165) is 53.7 Å². The molecule has 8 atom stereocenters. The van der Waals surface area contributed by atoms with E-state index in [0.29, 0.717) is 23.3 Å². The van der Waals surface area contributed by atoms with E-state index in [1.807, 2.05) is 46.8 Å². The number of carbonyl (C=O) groups excluding carboxylic acids is 2. The van der Waals surface area contributed by atoms with Crippen molar-refractivity contribution in [3.8, 4) is 0 Å². The highest BCUT2D eigenvalue weighted by Gasteiger charge is 2.58. The quantitative estimate of drug-likeness (QED) is 0.217. The van der Waals surface area contributed by atoms with Crippen molar-refractivity contribution in [2.24, 2.45) is 34.5 Å². The van der Waals surface area contributed by atoms with Gasteiger partial charge in [-0.3, -0.25) is 9.36 Å². The largest absolute Gasteiger partial charge is 0.456 e. The van der Waals surface area contributed by atoms with Crippen molar-refractivity contribution in [3.63, 3.8) is 0 Å². The third-order valence-electron chi connectivity index (χ3n) is 12.7. The Balaban J connectivity index is 0.00000125. The number of ether oxygens (including phenoxy) is 1. The maximum atomic E-state index is 14.8. The van der Waals surface area contributed by atoms with Gasteiger partial charge in [-0.2, -0.15) is 0 Å². The van der Waals surface area contributed by atoms with Crippen LogP contribution < -0.4 is 5.30 Å². The van der Waals surface area contributed by atoms with E-state index in [1.165, 1.54) is 44.1 Å². The first kappa shape index (κ1) is 38.1. The molecule has 262 valence electrons. The van der Waals surface area contributed by atoms with E-state index in [2.05, 4.69) is 40.0 Å². The number of rotatable bonds is 7. The predicted octanol–water partition coefficient (Wildman–Crippen LogP) is 12.2. The zero-order valence-electron chi connectivity index (χ0n) is 31.1. The minimum Gasteiger partial charge on any atom is -0.456 e. The summed E-state index contributed by atoms with van der Waals surface area (Å²) in [4.78, 5) is 28.2. The molecule has 2 aromatic rings. The molecule has 5 heteroatoms. The van der Waals surface area contributed by atoms with Gasteiger partial charge in [0.15, 0.2) is 0 Å². The molecule has 0 spiro atoms. The van der Waals surface area contributed by atoms with Crippen LogP contribution in [-0.4, -0.2) is 17.3 Å². The SMILES string of the molecule is C=C.CC.CCCC1CCC2C3CC=C4CC(OC(=O)P(=O)(C(=O)c5c(C)cc(C)cc5C)c5ccccc5)CCC4(C)C3CCC12C. The second-order valence-corrected chi connectivity index (χ2v) is 17.6. The molecule has 0 N–H and O–H groups in total. The smallest absolute Gasteiger partial charge is 0.376 e. The summed E-state index contributed by atoms with van der Waals surface area (Å²) in [7, 11) is -4.24. The Morgan fingerprint density at radius 2 is 1.56 bits per heavy atom. The van der Waals surface area contributed by atoms with Gasteiger partial charge in [-0.05, 0) is 111 Å². The van der Waals surface area contributed by atoms with Gasteiger partial charge in [0, 0.05) is 17.3 Å². The summed E-state index contributed by atoms with van der Waals surface area (Å²) in [6.07, 6.45) is 13.7. The molecule has 6 rings (SSSR count). The molecular weight excluding hydrogens is 611 g/mol. The number of carbonyl (C=O) groups is 2. The van der Waals surface area contributed by atoms with E-state index in [4.69, 9.17) is 4.74 Å². The summed E-state index contributed by atoms with van der Waals surface area (Å²) in [5.74, 6) is 3.13. The zero-order chi connectivity index (χ0) is 35.4. The molecule has 48 heavy (non-hydrogen) atoms. The van der Waals surface area contributed by atoms with Gasteiger partial charge in [0.25, 0.3) is 7.14 Å². The summed E-state index contributed by atoms with van der Waals surface area (Å²) < 4.78 is 20.9. The van der Waals surface area contributed by atoms with Gasteiger partial charge in [-0.1, -0.05) is 107 Å². The Hall–Kier alpha value is -2.71. The van der Waals surface area contributed by atoms with Crippen molar-refractivity contribution in [2.75, 3.05) is 0 Å². The molecule has 0 bridgehead atoms. The maximum Gasteiger partial charge on any atom is 0.376 e. The molecular formula is C43H61O4P. The highest BCUT2D eigenvalue weighted by atomic mass is 31.2. The highest BCUT2D eigenvalue weighted by molar-refractivity contribution is 8.00. The van der Waals surface area contributed by atoms with Crippen LogP contribution in [0.5, 0.6) is 0 Å². The fraction of sp³-hybridized carbons (Fsp3) is 0.581. The first-order valence-electron chi connectivity index (χ1n) is 18.6. The molecule has 0 radical (unpaired) electrons. The van der Waals surface area contributed by atoms with Crippen LogP contribution in [0.1, 0.15) is 126 Å². The topological polar surface area (TPSA) is 60.4 Å². The second-order valence-electron chi connectivity index (χ2n) is 15.1. The maximum absolute atomic E-state index is 14.8. The first-order valence-corrected chi connectivity index (χ1v) is 20.3. The Labute approximate surface area is 291 Å². The Morgan fingerprint density at radius 3 is 2.19 bits per heavy atom. The number of hydrogen-bond donors (Lipinski definition) is 0. The summed E-state index contributed by atoms with van der Waals surface area (Å²) in [6.45, 7) is 23.1. The fourth-order valence-electron chi connectivity index (χ4n) is 10.5. The van der Waals surface area contributed by atoms with Crippen LogP contribution >= 0.6 is 7.14 Å². The van der Waals surface area contributed by atoms with Gasteiger partial charge >= 0.3 is 5.71 Å². The average Bonchev–Trinajstić information content (AvgIpc) is 3.42. The van der Waals surface area contributed by atoms with Crippen molar-refractivity contribution >= 4 is 23.7 Å². The molecule has 2 aromatic carbocycles. The lowest BCUT2D eigenvalue weighted by atomic mass is 9.47. The summed E-state index contributed by atoms with van der Waals surface area (Å²) >= 11 is 0. The minimum atomic E-state index is -4.24. The number of benzene rings is 2. The van der Waals surface area contributed by atoms with E-state index >= 15 is 0 Å². The van der Waals surface area contributed by atoms with Crippen LogP contribution in [0, 0.1) is 55.3 Å². The Morgan fingerprint density at radius 1 is 0.917 bits per heavy atom. The third-order valence-corrected chi connectivity index (χ3v) is 15.2. The van der Waals surface area contributed by atoms with Gasteiger partial charge in [0.05, 0.1) is 0 Å². The average molecular weight is 673 g/mol. The molecule has 4 aliphatic carbocycles. The van der Waals surface area contributed by atoms with Crippen molar-refractivity contribution in [1.82, 2.24) is 0 Å². The van der Waals surface area contributed by atoms with Crippen LogP contribution in [-0.2, 0) is 9.30 Å². The van der Waals surface area contributed by atoms with E-state index in [9.17, 15) is 14.2 Å². The highest BCUT2D eigenvalue weighted by Crippen LogP contribution is 2.67. The van der Waals surface area contributed by atoms with Crippen LogP contribution in [0.3, 0.4) is 0 Å². The standard InChI is InChI=1S/C39H51O4P.C2H6.C2H4/c1-7-11-28-15-17-33-32-16-14-29-24-30(18-20-39(29,6)34(32)19-21-38(28,33)5)43-37(41)44(42,31-12-9-8-10-13-31)36(40)35-26(3)22-25(2)23-27(35)4;2*1-2/h8-10,12-14,22-23,28,30,32-34H,7,11,15-21,24H2,1-6H3;1-2H3;1-2H2. The fourth-order valence-corrected chi connectivity index (χ4v) is 12.7. The molecule has 4 aliphatic rings. The molecule has 0 heterocycles. The van der Waals surface area contributed by atoms with Gasteiger partial charge in [0.1, 0.15) is 6.10 Å². The molecule has 3 fully saturated rings. The zero-order valence-corrected chi connectivity index (χ0v) is 32.0. The predicted molar refractivity (Wildman–Crippen MR) is 202 cm³/mol. The van der Waals surface area contributed by atoms with E-state index in [1.54, 1.807) is 30.3 Å². The van der Waals surface area contributed by atoms with Crippen LogP contribution in [0.4, 0.5) is 4.79 Å². The summed E-state index contributed by atoms with van der Waals surface area (Å²) in [5, 5.41) is 0.248. The van der Waals surface area contributed by atoms with E-state index < -0.39 is 18.4 Å². The monoisotopic (exact) mass is 672 g/mol. The molecule has 8 unspecified atom stereocenters. The lowest BCUT2D eigenvalue weighted by Crippen LogP contribution is -2.50. The summed E-state index contributed by atoms with van der Waals surface area (Å²) in [5.41, 5.74) is 3.42. The normalized spacial score (nSPS) is 31.5. The van der Waals surface area contributed by atoms with Gasteiger partial charge in [-0.25, -0.2) is 4.79 Å². The van der Waals surface area contributed by atoms with Gasteiger partial charge < -0.3 is 4.74 Å². The van der Waals surface area contributed by atoms with Crippen molar-refractivity contribution in [2.45, 2.75) is 126 Å². The van der Waals surface area contributed by atoms with Gasteiger partial charge in [-0.15, -0.1) is 13.2 Å². The van der Waals surface area contributed by atoms with E-state index in [-0.39, 0.29) is 16.8 Å². The van der Waals surface area contributed by atoms with Crippen molar-refractivity contribution in [1.29, 1.82) is 0 Å². The lowest BCUT2D eigenvalue weighted by molar-refractivity contribution is -0.0508. The molecule has 0 saturated heterocycles. The molecule has 4 nitrogen and oxygen atoms in total. The van der Waals surface area contributed by atoms with Crippen molar-refractivity contribution < 1.29 is 18.9 Å². The number of aryl methyl sites for hydroxylation is 3. The first-order chi connectivity index (χ1) is 22.9. The molecule has 0 aliphatic heterocycles. The van der Waals surface area contributed by atoms with Crippen LogP contribution in [0.2, 0.25) is 0 Å². The third kappa shape index (κ3) is 6.60. The van der Waals surface area contributed by atoms with Crippen LogP contribution in [0.25, 0.3) is 0 Å². The minimum absolute atomic E-state index is 0.130. The Bertz CT molecular complexity index is 1520. The molecule has 0 aromatic heterocycles. The summed E-state index contributed by atoms with van der Waals surface area (Å²) in [6, 6.07) is 12.4. The van der Waals surface area contributed by atoms with Crippen LogP contribution in [0.15, 0.2) is 67.3 Å². The van der Waals surface area contributed by atoms with Gasteiger partial charge in [0.2, 0.25) is 5.52 Å². The number of allylic oxidation sites excluding steroid dienone is 1.